The number of carbonyl (C=O) groups excluding carboxylic acids is 2. The van der Waals surface area contributed by atoms with Gasteiger partial charge < -0.3 is 10.6 Å². The second-order valence-corrected chi connectivity index (χ2v) is 5.53. The molecule has 148 valence electrons. The van der Waals surface area contributed by atoms with Gasteiger partial charge in [-0.2, -0.15) is 4.98 Å². The van der Waals surface area contributed by atoms with E-state index in [9.17, 15) is 14.0 Å². The molecule has 2 aromatic carbocycles. The van der Waals surface area contributed by atoms with Gasteiger partial charge >= 0.3 is 12.1 Å². The number of urea groups is 2. The highest BCUT2D eigenvalue weighted by atomic mass is 19.1. The van der Waals surface area contributed by atoms with Gasteiger partial charge in [-0.05, 0) is 24.3 Å². The van der Waals surface area contributed by atoms with Crippen LogP contribution in [0.15, 0.2) is 66.9 Å². The molecule has 10 nitrogen and oxygen atoms in total. The number of carbonyl (C=O) groups is 2. The number of amides is 4. The summed E-state index contributed by atoms with van der Waals surface area (Å²) < 4.78 is 13.8. The van der Waals surface area contributed by atoms with Gasteiger partial charge in [0.2, 0.25) is 5.95 Å². The Kier molecular flexibility index (Phi) is 6.34. The average Bonchev–Trinajstić information content (AvgIpc) is 2.73. The molecule has 0 fully saturated rings. The molecule has 0 atom stereocenters. The Morgan fingerprint density at radius 2 is 1.28 bits per heavy atom. The predicted molar refractivity (Wildman–Crippen MR) is 106 cm³/mol. The van der Waals surface area contributed by atoms with Crippen LogP contribution in [-0.2, 0) is 0 Å². The molecule has 1 heterocycles. The van der Waals surface area contributed by atoms with Crippen molar-refractivity contribution >= 4 is 35.2 Å². The summed E-state index contributed by atoms with van der Waals surface area (Å²) in [4.78, 5) is 31.2. The molecular formula is C18H17FN8O2. The van der Waals surface area contributed by atoms with Gasteiger partial charge in [-0.1, -0.05) is 36.4 Å². The summed E-state index contributed by atoms with van der Waals surface area (Å²) in [5, 5.41) is 5.13. The highest BCUT2D eigenvalue weighted by Crippen LogP contribution is 2.11. The Labute approximate surface area is 164 Å². The van der Waals surface area contributed by atoms with Crippen LogP contribution >= 0.6 is 0 Å². The molecule has 29 heavy (non-hydrogen) atoms. The van der Waals surface area contributed by atoms with Crippen molar-refractivity contribution in [2.75, 3.05) is 21.5 Å². The van der Waals surface area contributed by atoms with Gasteiger partial charge in [-0.15, -0.1) is 0 Å². The Morgan fingerprint density at radius 3 is 1.83 bits per heavy atom. The van der Waals surface area contributed by atoms with Crippen molar-refractivity contribution in [1.82, 2.24) is 20.8 Å². The molecule has 0 saturated carbocycles. The topological polar surface area (TPSA) is 132 Å². The second kappa shape index (κ2) is 9.50. The zero-order valence-electron chi connectivity index (χ0n) is 14.9. The van der Waals surface area contributed by atoms with Crippen LogP contribution in [0.2, 0.25) is 0 Å². The lowest BCUT2D eigenvalue weighted by atomic mass is 10.3. The maximum atomic E-state index is 13.8. The number of hydrazine groups is 2. The van der Waals surface area contributed by atoms with Crippen molar-refractivity contribution in [3.8, 4) is 0 Å². The number of anilines is 4. The molecule has 0 radical (unpaired) electrons. The summed E-state index contributed by atoms with van der Waals surface area (Å²) in [7, 11) is 0. The fourth-order valence-electron chi connectivity index (χ4n) is 2.11. The van der Waals surface area contributed by atoms with Crippen LogP contribution in [0.4, 0.5) is 37.1 Å². The molecule has 3 rings (SSSR count). The van der Waals surface area contributed by atoms with Crippen LogP contribution in [0.1, 0.15) is 0 Å². The third-order valence-corrected chi connectivity index (χ3v) is 3.39. The fourth-order valence-corrected chi connectivity index (χ4v) is 2.11. The normalized spacial score (nSPS) is 9.83. The van der Waals surface area contributed by atoms with Crippen LogP contribution in [0.5, 0.6) is 0 Å². The molecule has 11 heteroatoms. The average molecular weight is 396 g/mol. The summed E-state index contributed by atoms with van der Waals surface area (Å²) in [5.74, 6) is -1.19. The van der Waals surface area contributed by atoms with E-state index in [4.69, 9.17) is 0 Å². The second-order valence-electron chi connectivity index (χ2n) is 5.53. The lowest BCUT2D eigenvalue weighted by molar-refractivity contribution is 0.253. The Balaban J connectivity index is 1.51. The van der Waals surface area contributed by atoms with Crippen LogP contribution in [-0.4, -0.2) is 22.0 Å². The Hall–Kier alpha value is -4.41. The van der Waals surface area contributed by atoms with Crippen molar-refractivity contribution in [1.29, 1.82) is 0 Å². The number of para-hydroxylation sites is 2. The summed E-state index contributed by atoms with van der Waals surface area (Å²) in [6.07, 6.45) is 0.880. The van der Waals surface area contributed by atoms with E-state index in [1.54, 1.807) is 54.6 Å². The lowest BCUT2D eigenvalue weighted by Crippen LogP contribution is -2.35. The van der Waals surface area contributed by atoms with Gasteiger partial charge in [-0.25, -0.2) is 29.8 Å². The van der Waals surface area contributed by atoms with Crippen LogP contribution in [0, 0.1) is 5.82 Å². The molecule has 0 unspecified atom stereocenters. The number of hydrogen-bond acceptors (Lipinski definition) is 6. The van der Waals surface area contributed by atoms with Crippen molar-refractivity contribution in [3.05, 3.63) is 72.7 Å². The Morgan fingerprint density at radius 1 is 0.759 bits per heavy atom. The first-order valence-electron chi connectivity index (χ1n) is 8.39. The molecule has 0 aliphatic heterocycles. The maximum absolute atomic E-state index is 13.8. The van der Waals surface area contributed by atoms with Gasteiger partial charge in [0.25, 0.3) is 0 Å². The monoisotopic (exact) mass is 396 g/mol. The van der Waals surface area contributed by atoms with E-state index < -0.39 is 17.9 Å². The first-order chi connectivity index (χ1) is 14.1. The third-order valence-electron chi connectivity index (χ3n) is 3.39. The van der Waals surface area contributed by atoms with Crippen molar-refractivity contribution in [2.24, 2.45) is 0 Å². The first kappa shape index (κ1) is 19.4. The number of rotatable bonds is 6. The van der Waals surface area contributed by atoms with E-state index in [-0.39, 0.29) is 11.8 Å². The Bertz CT molecular complexity index is 972. The van der Waals surface area contributed by atoms with Crippen molar-refractivity contribution < 1.29 is 14.0 Å². The van der Waals surface area contributed by atoms with E-state index in [0.717, 1.165) is 6.20 Å². The molecule has 1 aromatic heterocycles. The largest absolute Gasteiger partial charge is 0.337 e. The fraction of sp³-hybridized carbons (Fsp3) is 0. The summed E-state index contributed by atoms with van der Waals surface area (Å²) in [6, 6.07) is 16.3. The van der Waals surface area contributed by atoms with Crippen LogP contribution in [0.25, 0.3) is 0 Å². The quantitative estimate of drug-likeness (QED) is 0.355. The smallest absolute Gasteiger partial charge is 0.307 e. The first-order valence-corrected chi connectivity index (χ1v) is 8.39. The minimum Gasteiger partial charge on any atom is -0.307 e. The number of nitrogens with one attached hydrogen (secondary N) is 6. The summed E-state index contributed by atoms with van der Waals surface area (Å²) >= 11 is 0. The van der Waals surface area contributed by atoms with Crippen LogP contribution < -0.4 is 32.3 Å². The lowest BCUT2D eigenvalue weighted by Gasteiger charge is -2.12. The molecule has 4 amide bonds. The van der Waals surface area contributed by atoms with E-state index in [0.29, 0.717) is 11.4 Å². The van der Waals surface area contributed by atoms with Crippen molar-refractivity contribution in [2.45, 2.75) is 0 Å². The zero-order chi connectivity index (χ0) is 20.5. The molecular weight excluding hydrogens is 379 g/mol. The third kappa shape index (κ3) is 6.06. The van der Waals surface area contributed by atoms with Crippen molar-refractivity contribution in [3.63, 3.8) is 0 Å². The minimum absolute atomic E-state index is 0.0950. The number of aromatic nitrogens is 2. The van der Waals surface area contributed by atoms with Gasteiger partial charge in [-0.3, -0.25) is 10.9 Å². The van der Waals surface area contributed by atoms with Gasteiger partial charge in [0.1, 0.15) is 0 Å². The molecule has 0 aliphatic carbocycles. The summed E-state index contributed by atoms with van der Waals surface area (Å²) in [6.45, 7) is 0. The highest BCUT2D eigenvalue weighted by Gasteiger charge is 2.09. The molecule has 6 N–H and O–H groups in total. The summed E-state index contributed by atoms with van der Waals surface area (Å²) in [5.41, 5.74) is 10.5. The number of benzene rings is 2. The molecule has 3 aromatic rings. The molecule has 0 spiro atoms. The molecule has 0 saturated heterocycles. The van der Waals surface area contributed by atoms with E-state index in [1.807, 2.05) is 6.07 Å². The van der Waals surface area contributed by atoms with E-state index in [2.05, 4.69) is 42.3 Å². The standard InChI is InChI=1S/C18H17FN8O2/c19-14-11-20-16(25-27-18(29)22-13-9-5-2-6-10-13)23-15(14)24-26-17(28)21-12-7-3-1-4-8-12/h1-11H,(H2,21,26,28)(H2,22,27,29)(H2,20,23,24,25). The van der Waals surface area contributed by atoms with Gasteiger partial charge in [0, 0.05) is 11.4 Å². The van der Waals surface area contributed by atoms with Crippen LogP contribution in [0.3, 0.4) is 0 Å². The zero-order valence-corrected chi connectivity index (χ0v) is 14.9. The number of hydrogen-bond donors (Lipinski definition) is 6. The number of nitrogens with zero attached hydrogens (tertiary/aromatic N) is 2. The van der Waals surface area contributed by atoms with E-state index >= 15 is 0 Å². The maximum Gasteiger partial charge on any atom is 0.337 e. The van der Waals surface area contributed by atoms with Gasteiger partial charge in [0.15, 0.2) is 11.6 Å². The number of halogens is 1. The van der Waals surface area contributed by atoms with Gasteiger partial charge in [0.05, 0.1) is 6.20 Å². The minimum atomic E-state index is -0.802. The SMILES string of the molecule is O=C(NNc1ncc(F)c(NNC(=O)Nc2ccccc2)n1)Nc1ccccc1. The van der Waals surface area contributed by atoms with E-state index in [1.165, 1.54) is 0 Å². The predicted octanol–water partition coefficient (Wildman–Crippen LogP) is 2.91. The molecule has 0 bridgehead atoms. The highest BCUT2D eigenvalue weighted by molar-refractivity contribution is 5.90. The molecule has 0 aliphatic rings.